The van der Waals surface area contributed by atoms with Crippen LogP contribution in [0.25, 0.3) is 0 Å². The molecule has 0 atom stereocenters. The number of benzene rings is 1. The summed E-state index contributed by atoms with van der Waals surface area (Å²) in [4.78, 5) is 25.6. The molecule has 0 bridgehead atoms. The van der Waals surface area contributed by atoms with Crippen molar-refractivity contribution in [2.75, 3.05) is 13.2 Å². The van der Waals surface area contributed by atoms with Crippen molar-refractivity contribution in [1.29, 1.82) is 0 Å². The van der Waals surface area contributed by atoms with Gasteiger partial charge in [0, 0.05) is 11.2 Å². The maximum atomic E-state index is 11.6. The Morgan fingerprint density at radius 3 is 2.30 bits per heavy atom. The number of nitrogens with zero attached hydrogens (tertiary/aromatic N) is 1. The van der Waals surface area contributed by atoms with E-state index in [-0.39, 0.29) is 18.9 Å². The predicted octanol–water partition coefficient (Wildman–Crippen LogP) is 3.12. The molecule has 27 heavy (non-hydrogen) atoms. The van der Waals surface area contributed by atoms with Gasteiger partial charge in [-0.25, -0.2) is 14.6 Å². The highest BCUT2D eigenvalue weighted by molar-refractivity contribution is 6.30. The van der Waals surface area contributed by atoms with Crippen molar-refractivity contribution in [3.63, 3.8) is 0 Å². The second kappa shape index (κ2) is 10.5. The molecule has 0 saturated heterocycles. The molecule has 146 valence electrons. The Morgan fingerprint density at radius 1 is 1.19 bits per heavy atom. The van der Waals surface area contributed by atoms with Crippen LogP contribution < -0.4 is 4.74 Å². The first-order valence-corrected chi connectivity index (χ1v) is 8.42. The molecule has 7 nitrogen and oxygen atoms in total. The number of aromatic carboxylic acids is 1. The van der Waals surface area contributed by atoms with Crippen LogP contribution in [0.1, 0.15) is 29.9 Å². The molecule has 0 aliphatic carbocycles. The monoisotopic (exact) mass is 395 g/mol. The first-order valence-electron chi connectivity index (χ1n) is 8.05. The first-order chi connectivity index (χ1) is 12.7. The molecular formula is C19H22ClNO6. The summed E-state index contributed by atoms with van der Waals surface area (Å²) in [6.07, 6.45) is 1.47. The number of aliphatic hydroxyl groups excluding tert-OH is 1. The van der Waals surface area contributed by atoms with Gasteiger partial charge in [0.05, 0.1) is 6.61 Å². The molecule has 0 amide bonds. The van der Waals surface area contributed by atoms with Crippen LogP contribution in [0.5, 0.6) is 5.75 Å². The summed E-state index contributed by atoms with van der Waals surface area (Å²) < 4.78 is 10.3. The summed E-state index contributed by atoms with van der Waals surface area (Å²) in [5.41, 5.74) is -0.291. The molecule has 8 heteroatoms. The van der Waals surface area contributed by atoms with Gasteiger partial charge in [-0.2, -0.15) is 0 Å². The van der Waals surface area contributed by atoms with E-state index in [1.54, 1.807) is 57.2 Å². The quantitative estimate of drug-likeness (QED) is 0.723. The highest BCUT2D eigenvalue weighted by Crippen LogP contribution is 2.21. The van der Waals surface area contributed by atoms with Crippen LogP contribution in [-0.2, 0) is 9.53 Å². The van der Waals surface area contributed by atoms with E-state index in [4.69, 9.17) is 31.3 Å². The number of aliphatic hydroxyl groups is 1. The third-order valence-corrected chi connectivity index (χ3v) is 3.47. The van der Waals surface area contributed by atoms with Crippen LogP contribution in [0, 0.1) is 6.92 Å². The number of carboxylic acid groups (broad SMARTS) is 1. The lowest BCUT2D eigenvalue weighted by Crippen LogP contribution is -2.40. The van der Waals surface area contributed by atoms with Gasteiger partial charge in [-0.3, -0.25) is 0 Å². The van der Waals surface area contributed by atoms with Gasteiger partial charge in [0.25, 0.3) is 0 Å². The number of halogens is 1. The number of hydrogen-bond acceptors (Lipinski definition) is 6. The van der Waals surface area contributed by atoms with E-state index in [0.717, 1.165) is 0 Å². The van der Waals surface area contributed by atoms with Crippen molar-refractivity contribution < 1.29 is 29.3 Å². The lowest BCUT2D eigenvalue weighted by Gasteiger charge is -2.24. The minimum absolute atomic E-state index is 0.0355. The molecule has 1 aromatic heterocycles. The Bertz CT molecular complexity index is 761. The number of rotatable bonds is 6. The zero-order valence-electron chi connectivity index (χ0n) is 15.3. The number of carboxylic acids is 1. The van der Waals surface area contributed by atoms with Gasteiger partial charge in [0.15, 0.2) is 11.3 Å². The fourth-order valence-electron chi connectivity index (χ4n) is 1.86. The van der Waals surface area contributed by atoms with Crippen molar-refractivity contribution in [2.45, 2.75) is 26.4 Å². The van der Waals surface area contributed by atoms with Crippen LogP contribution in [-0.4, -0.2) is 46.0 Å². The van der Waals surface area contributed by atoms with E-state index >= 15 is 0 Å². The number of aryl methyl sites for hydroxylation is 1. The standard InChI is InChI=1S/C12H15ClO4.C7H7NO2/c1-12(2,11(15)16-8-7-14)17-10-5-3-9(13)4-6-10;1-5-3-2-4-8-6(5)7(9)10/h3-6,14H,7-8H2,1-2H3;2-4H,1H3,(H,9,10). The van der Waals surface area contributed by atoms with Crippen molar-refractivity contribution in [3.05, 3.63) is 58.9 Å². The Kier molecular flexibility index (Phi) is 8.71. The highest BCUT2D eigenvalue weighted by atomic mass is 35.5. The molecule has 0 aliphatic rings. The summed E-state index contributed by atoms with van der Waals surface area (Å²) in [6.45, 7) is 4.67. The van der Waals surface area contributed by atoms with Crippen LogP contribution in [0.4, 0.5) is 0 Å². The number of ether oxygens (including phenoxy) is 2. The number of carbonyl (C=O) groups is 2. The number of carbonyl (C=O) groups excluding carboxylic acids is 1. The second-order valence-electron chi connectivity index (χ2n) is 5.90. The highest BCUT2D eigenvalue weighted by Gasteiger charge is 2.31. The fraction of sp³-hybridized carbons (Fsp3) is 0.316. The zero-order chi connectivity index (χ0) is 20.4. The van der Waals surface area contributed by atoms with E-state index < -0.39 is 17.5 Å². The molecule has 0 unspecified atom stereocenters. The van der Waals surface area contributed by atoms with Crippen LogP contribution >= 0.6 is 11.6 Å². The molecule has 2 aromatic rings. The SMILES string of the molecule is CC(C)(Oc1ccc(Cl)cc1)C(=O)OCCO.Cc1cccnc1C(=O)O. The average Bonchev–Trinajstić information content (AvgIpc) is 2.62. The van der Waals surface area contributed by atoms with Gasteiger partial charge in [-0.1, -0.05) is 17.7 Å². The molecular weight excluding hydrogens is 374 g/mol. The van der Waals surface area contributed by atoms with Gasteiger partial charge in [0.2, 0.25) is 0 Å². The van der Waals surface area contributed by atoms with Crippen molar-refractivity contribution in [2.24, 2.45) is 0 Å². The molecule has 0 aliphatic heterocycles. The van der Waals surface area contributed by atoms with E-state index in [0.29, 0.717) is 16.3 Å². The molecule has 1 aromatic carbocycles. The summed E-state index contributed by atoms with van der Waals surface area (Å²) in [6, 6.07) is 10.1. The minimum atomic E-state index is -1.11. The third-order valence-electron chi connectivity index (χ3n) is 3.21. The predicted molar refractivity (Wildman–Crippen MR) is 100 cm³/mol. The van der Waals surface area contributed by atoms with Crippen LogP contribution in [0.2, 0.25) is 5.02 Å². The van der Waals surface area contributed by atoms with Crippen molar-refractivity contribution in [1.82, 2.24) is 4.98 Å². The topological polar surface area (TPSA) is 106 Å². The second-order valence-corrected chi connectivity index (χ2v) is 6.34. The summed E-state index contributed by atoms with van der Waals surface area (Å²) in [5, 5.41) is 17.7. The molecule has 1 heterocycles. The molecule has 0 fully saturated rings. The van der Waals surface area contributed by atoms with Gasteiger partial charge in [0.1, 0.15) is 12.4 Å². The summed E-state index contributed by atoms with van der Waals surface area (Å²) in [5.74, 6) is -0.972. The molecule has 0 spiro atoms. The van der Waals surface area contributed by atoms with Crippen LogP contribution in [0.3, 0.4) is 0 Å². The molecule has 2 N–H and O–H groups in total. The normalized spacial score (nSPS) is 10.4. The largest absolute Gasteiger partial charge is 0.477 e. The molecule has 0 radical (unpaired) electrons. The third kappa shape index (κ3) is 7.64. The fourth-order valence-corrected chi connectivity index (χ4v) is 1.99. The Hall–Kier alpha value is -2.64. The van der Waals surface area contributed by atoms with Crippen molar-refractivity contribution in [3.8, 4) is 5.75 Å². The molecule has 0 saturated carbocycles. The van der Waals surface area contributed by atoms with E-state index in [1.807, 2.05) is 0 Å². The van der Waals surface area contributed by atoms with Gasteiger partial charge < -0.3 is 19.7 Å². The van der Waals surface area contributed by atoms with Gasteiger partial charge >= 0.3 is 11.9 Å². The lowest BCUT2D eigenvalue weighted by molar-refractivity contribution is -0.160. The zero-order valence-corrected chi connectivity index (χ0v) is 16.1. The maximum absolute atomic E-state index is 11.6. The van der Waals surface area contributed by atoms with Gasteiger partial charge in [-0.05, 0) is 56.7 Å². The van der Waals surface area contributed by atoms with Gasteiger partial charge in [-0.15, -0.1) is 0 Å². The Labute approximate surface area is 162 Å². The van der Waals surface area contributed by atoms with E-state index in [1.165, 1.54) is 6.20 Å². The number of hydrogen-bond donors (Lipinski definition) is 2. The summed E-state index contributed by atoms with van der Waals surface area (Å²) >= 11 is 5.74. The minimum Gasteiger partial charge on any atom is -0.477 e. The smallest absolute Gasteiger partial charge is 0.354 e. The average molecular weight is 396 g/mol. The van der Waals surface area contributed by atoms with Crippen molar-refractivity contribution >= 4 is 23.5 Å². The molecule has 2 rings (SSSR count). The Morgan fingerprint density at radius 2 is 1.81 bits per heavy atom. The maximum Gasteiger partial charge on any atom is 0.354 e. The van der Waals surface area contributed by atoms with E-state index in [9.17, 15) is 9.59 Å². The van der Waals surface area contributed by atoms with Crippen LogP contribution in [0.15, 0.2) is 42.6 Å². The Balaban J connectivity index is 0.000000309. The first kappa shape index (κ1) is 22.4. The number of pyridine rings is 1. The number of esters is 1. The van der Waals surface area contributed by atoms with E-state index in [2.05, 4.69) is 4.98 Å². The number of aromatic nitrogens is 1. The lowest BCUT2D eigenvalue weighted by atomic mass is 10.1. The summed E-state index contributed by atoms with van der Waals surface area (Å²) in [7, 11) is 0.